The van der Waals surface area contributed by atoms with Crippen LogP contribution >= 0.6 is 0 Å². The monoisotopic (exact) mass is 463 g/mol. The van der Waals surface area contributed by atoms with Crippen LogP contribution in [0.15, 0.2) is 48.5 Å². The number of nitrogens with zero attached hydrogens (tertiary/aromatic N) is 3. The number of rotatable bonds is 4. The first-order valence-corrected chi connectivity index (χ1v) is 12.2. The summed E-state index contributed by atoms with van der Waals surface area (Å²) in [6, 6.07) is 16.1. The van der Waals surface area contributed by atoms with Crippen LogP contribution in [0.3, 0.4) is 0 Å². The second-order valence-electron chi connectivity index (χ2n) is 9.50. The van der Waals surface area contributed by atoms with Crippen molar-refractivity contribution in [2.45, 2.75) is 30.7 Å². The summed E-state index contributed by atoms with van der Waals surface area (Å²) < 4.78 is 11.4. The smallest absolute Gasteiger partial charge is 0.242 e. The topological polar surface area (TPSA) is 62.3 Å². The second-order valence-corrected chi connectivity index (χ2v) is 9.50. The largest absolute Gasteiger partial charge is 0.494 e. The lowest BCUT2D eigenvalue weighted by Crippen LogP contribution is -2.48. The Kier molecular flexibility index (Phi) is 6.32. The molecule has 0 aromatic heterocycles. The minimum Gasteiger partial charge on any atom is -0.494 e. The van der Waals surface area contributed by atoms with Gasteiger partial charge in [0.1, 0.15) is 12.3 Å². The summed E-state index contributed by atoms with van der Waals surface area (Å²) in [4.78, 5) is 33.3. The Labute approximate surface area is 201 Å². The number of hydrogen-bond donors (Lipinski definition) is 0. The number of hydrogen-bond acceptors (Lipinski definition) is 5. The lowest BCUT2D eigenvalue weighted by atomic mass is 9.72. The summed E-state index contributed by atoms with van der Waals surface area (Å²) in [7, 11) is 3.52. The van der Waals surface area contributed by atoms with Gasteiger partial charge in [0.2, 0.25) is 11.8 Å². The van der Waals surface area contributed by atoms with Crippen molar-refractivity contribution in [2.24, 2.45) is 0 Å². The van der Waals surface area contributed by atoms with Gasteiger partial charge in [0.15, 0.2) is 0 Å². The third-order valence-electron chi connectivity index (χ3n) is 7.52. The molecule has 1 fully saturated rings. The molecule has 180 valence electrons. The number of ether oxygens (including phenoxy) is 2. The molecule has 34 heavy (non-hydrogen) atoms. The Balaban J connectivity index is 1.65. The zero-order valence-electron chi connectivity index (χ0n) is 20.0. The Bertz CT molecular complexity index is 1070. The molecule has 2 amide bonds. The third-order valence-corrected chi connectivity index (χ3v) is 7.52. The van der Waals surface area contributed by atoms with Gasteiger partial charge in [0.25, 0.3) is 0 Å². The summed E-state index contributed by atoms with van der Waals surface area (Å²) >= 11 is 0. The van der Waals surface area contributed by atoms with Gasteiger partial charge in [-0.15, -0.1) is 0 Å². The highest BCUT2D eigenvalue weighted by Crippen LogP contribution is 2.56. The molecule has 0 unspecified atom stereocenters. The number of benzene rings is 2. The van der Waals surface area contributed by atoms with E-state index in [-0.39, 0.29) is 24.4 Å². The number of likely N-dealkylation sites (N-methyl/N-ethyl adjacent to an activating group) is 1. The van der Waals surface area contributed by atoms with Gasteiger partial charge in [-0.3, -0.25) is 14.5 Å². The van der Waals surface area contributed by atoms with Gasteiger partial charge < -0.3 is 19.3 Å². The molecular formula is C27H33N3O4. The van der Waals surface area contributed by atoms with E-state index in [1.54, 1.807) is 24.0 Å². The number of methoxy groups -OCH3 is 1. The first kappa shape index (κ1) is 22.9. The molecule has 2 atom stereocenters. The minimum atomic E-state index is -0.731. The average Bonchev–Trinajstić information content (AvgIpc) is 3.34. The van der Waals surface area contributed by atoms with Crippen LogP contribution in [0.4, 0.5) is 5.69 Å². The molecule has 3 heterocycles. The number of likely N-dealkylation sites (tertiary alicyclic amines) is 1. The maximum atomic E-state index is 14.3. The van der Waals surface area contributed by atoms with Crippen molar-refractivity contribution in [1.82, 2.24) is 9.80 Å². The molecular weight excluding hydrogens is 430 g/mol. The summed E-state index contributed by atoms with van der Waals surface area (Å²) in [5, 5.41) is 0. The van der Waals surface area contributed by atoms with Gasteiger partial charge in [-0.05, 0) is 48.6 Å². The van der Waals surface area contributed by atoms with Gasteiger partial charge in [-0.25, -0.2) is 0 Å². The Morgan fingerprint density at radius 2 is 1.97 bits per heavy atom. The van der Waals surface area contributed by atoms with E-state index in [9.17, 15) is 9.59 Å². The minimum absolute atomic E-state index is 0.0260. The third kappa shape index (κ3) is 3.77. The maximum absolute atomic E-state index is 14.3. The predicted molar refractivity (Wildman–Crippen MR) is 130 cm³/mol. The fraction of sp³-hybridized carbons (Fsp3) is 0.481. The van der Waals surface area contributed by atoms with Gasteiger partial charge in [-0.1, -0.05) is 30.3 Å². The van der Waals surface area contributed by atoms with Crippen LogP contribution < -0.4 is 9.64 Å². The molecule has 3 aliphatic rings. The normalized spacial score (nSPS) is 25.1. The van der Waals surface area contributed by atoms with Crippen LogP contribution in [-0.4, -0.2) is 75.2 Å². The van der Waals surface area contributed by atoms with Crippen molar-refractivity contribution in [3.8, 4) is 5.75 Å². The molecule has 0 radical (unpaired) electrons. The van der Waals surface area contributed by atoms with Crippen molar-refractivity contribution in [3.63, 3.8) is 0 Å². The van der Waals surface area contributed by atoms with Crippen molar-refractivity contribution in [3.05, 3.63) is 59.7 Å². The van der Waals surface area contributed by atoms with Gasteiger partial charge >= 0.3 is 0 Å². The molecule has 0 N–H and O–H groups in total. The molecule has 7 nitrogen and oxygen atoms in total. The highest BCUT2D eigenvalue weighted by atomic mass is 16.5. The van der Waals surface area contributed by atoms with E-state index in [1.165, 1.54) is 0 Å². The standard InChI is InChI=1S/C27H33N3O4/c1-28-13-6-17-34-21-9-5-8-20(18-21)25-27(12-15-29(25)14-7-16-33-2)22-10-3-4-11-23(22)30(26(27)32)19-24(28)31/h3-5,8-11,18,25H,6-7,12-17,19H2,1-2H3/t25-,27+/m0/s1. The first-order chi connectivity index (χ1) is 16.6. The van der Waals surface area contributed by atoms with Crippen LogP contribution in [0.1, 0.15) is 36.4 Å². The number of anilines is 1. The van der Waals surface area contributed by atoms with Crippen LogP contribution in [-0.2, 0) is 19.7 Å². The molecule has 7 heteroatoms. The molecule has 0 aliphatic carbocycles. The molecule has 2 aromatic carbocycles. The van der Waals surface area contributed by atoms with E-state index in [0.29, 0.717) is 26.2 Å². The zero-order valence-corrected chi connectivity index (χ0v) is 20.0. The highest BCUT2D eigenvalue weighted by molar-refractivity contribution is 6.11. The van der Waals surface area contributed by atoms with Gasteiger partial charge in [-0.2, -0.15) is 0 Å². The van der Waals surface area contributed by atoms with Crippen LogP contribution in [0.5, 0.6) is 5.75 Å². The van der Waals surface area contributed by atoms with Crippen molar-refractivity contribution in [2.75, 3.05) is 58.5 Å². The van der Waals surface area contributed by atoms with E-state index < -0.39 is 5.41 Å². The number of carbonyl (C=O) groups is 2. The molecule has 4 bridgehead atoms. The first-order valence-electron chi connectivity index (χ1n) is 12.2. The Morgan fingerprint density at radius 1 is 1.12 bits per heavy atom. The van der Waals surface area contributed by atoms with E-state index >= 15 is 0 Å². The zero-order chi connectivity index (χ0) is 23.7. The number of carbonyl (C=O) groups excluding carboxylic acids is 2. The molecule has 2 aromatic rings. The quantitative estimate of drug-likeness (QED) is 0.653. The number of para-hydroxylation sites is 1. The van der Waals surface area contributed by atoms with Crippen LogP contribution in [0.25, 0.3) is 0 Å². The Hall–Kier alpha value is -2.90. The summed E-state index contributed by atoms with van der Waals surface area (Å²) in [5.74, 6) is 0.776. The van der Waals surface area contributed by atoms with E-state index in [2.05, 4.69) is 23.1 Å². The van der Waals surface area contributed by atoms with E-state index in [0.717, 1.165) is 48.5 Å². The molecule has 1 saturated heterocycles. The summed E-state index contributed by atoms with van der Waals surface area (Å²) in [6.07, 6.45) is 2.34. The molecule has 5 rings (SSSR count). The van der Waals surface area contributed by atoms with Gasteiger partial charge in [0, 0.05) is 46.1 Å². The predicted octanol–water partition coefficient (Wildman–Crippen LogP) is 3.00. The second kappa shape index (κ2) is 9.39. The van der Waals surface area contributed by atoms with Crippen molar-refractivity contribution in [1.29, 1.82) is 0 Å². The summed E-state index contributed by atoms with van der Waals surface area (Å²) in [5.41, 5.74) is 2.24. The fourth-order valence-corrected chi connectivity index (χ4v) is 5.91. The summed E-state index contributed by atoms with van der Waals surface area (Å²) in [6.45, 7) is 3.51. The fourth-order valence-electron chi connectivity index (χ4n) is 5.91. The Morgan fingerprint density at radius 3 is 2.82 bits per heavy atom. The average molecular weight is 464 g/mol. The lowest BCUT2D eigenvalue weighted by molar-refractivity contribution is -0.131. The SMILES string of the molecule is COCCCN1CC[C@]23C(=O)N(CC(=O)N(C)CCCOc4cccc(c4)[C@H]12)c1ccccc13. The van der Waals surface area contributed by atoms with Gasteiger partial charge in [0.05, 0.1) is 18.1 Å². The molecule has 1 spiro atoms. The molecule has 3 aliphatic heterocycles. The van der Waals surface area contributed by atoms with E-state index in [4.69, 9.17) is 9.47 Å². The van der Waals surface area contributed by atoms with Crippen molar-refractivity contribution < 1.29 is 19.1 Å². The number of fused-ring (bicyclic) bond motifs is 6. The van der Waals surface area contributed by atoms with Crippen LogP contribution in [0, 0.1) is 0 Å². The molecule has 0 saturated carbocycles. The number of amides is 2. The highest BCUT2D eigenvalue weighted by Gasteiger charge is 2.60. The van der Waals surface area contributed by atoms with Crippen molar-refractivity contribution >= 4 is 17.5 Å². The van der Waals surface area contributed by atoms with Crippen LogP contribution in [0.2, 0.25) is 0 Å². The lowest BCUT2D eigenvalue weighted by Gasteiger charge is -2.35. The van der Waals surface area contributed by atoms with E-state index in [1.807, 2.05) is 30.3 Å². The maximum Gasteiger partial charge on any atom is 0.242 e.